The predicted octanol–water partition coefficient (Wildman–Crippen LogP) is 1.56. The summed E-state index contributed by atoms with van der Waals surface area (Å²) in [7, 11) is 0. The molecule has 0 unspecified atom stereocenters. The van der Waals surface area contributed by atoms with Gasteiger partial charge in [0.15, 0.2) is 6.29 Å². The Morgan fingerprint density at radius 3 is 2.50 bits per heavy atom. The van der Waals surface area contributed by atoms with Crippen LogP contribution < -0.4 is 11.1 Å². The highest BCUT2D eigenvalue weighted by Crippen LogP contribution is 2.04. The Morgan fingerprint density at radius 1 is 1.50 bits per heavy atom. The summed E-state index contributed by atoms with van der Waals surface area (Å²) in [6, 6.07) is 0. The Morgan fingerprint density at radius 2 is 2.11 bits per heavy atom. The first-order valence-corrected chi connectivity index (χ1v) is 5.86. The van der Waals surface area contributed by atoms with Gasteiger partial charge >= 0.3 is 0 Å². The Balaban J connectivity index is 4.78. The van der Waals surface area contributed by atoms with Crippen molar-refractivity contribution in [2.75, 3.05) is 6.61 Å². The fraction of sp³-hybridized carbons (Fsp3) is 0.538. The van der Waals surface area contributed by atoms with Gasteiger partial charge < -0.3 is 21.2 Å². The van der Waals surface area contributed by atoms with Gasteiger partial charge in [0.1, 0.15) is 0 Å². The molecule has 0 amide bonds. The molecule has 0 spiro atoms. The van der Waals surface area contributed by atoms with Crippen molar-refractivity contribution in [1.29, 1.82) is 5.41 Å². The maximum atomic E-state index is 10.8. The maximum Gasteiger partial charge on any atom is 0.203 e. The van der Waals surface area contributed by atoms with Crippen molar-refractivity contribution in [3.05, 3.63) is 23.7 Å². The zero-order chi connectivity index (χ0) is 14.2. The fourth-order valence-electron chi connectivity index (χ4n) is 0.944. The lowest BCUT2D eigenvalue weighted by atomic mass is 10.1. The first-order valence-electron chi connectivity index (χ1n) is 5.86. The van der Waals surface area contributed by atoms with Crippen LogP contribution in [0.2, 0.25) is 0 Å². The molecular formula is C13H23N3O2. The lowest BCUT2D eigenvalue weighted by molar-refractivity contribution is -0.104. The summed E-state index contributed by atoms with van der Waals surface area (Å²) in [4.78, 5) is 10.8. The van der Waals surface area contributed by atoms with Crippen LogP contribution in [0.25, 0.3) is 0 Å². The standard InChI is InChI=1S/C13H23N3O2/c1-10(2)9-18-12(11(7-14)8-17)16-6-5-13(3,4)15/h5-8,10,14,16H,9,15H2,1-4H3/b6-5+,12-11-,14-7?. The lowest BCUT2D eigenvalue weighted by Gasteiger charge is -2.15. The number of nitrogens with two attached hydrogens (primary N) is 1. The molecule has 0 aromatic carbocycles. The molecule has 0 bridgehead atoms. The van der Waals surface area contributed by atoms with Crippen LogP contribution in [-0.2, 0) is 9.53 Å². The summed E-state index contributed by atoms with van der Waals surface area (Å²) < 4.78 is 5.46. The molecule has 5 heteroatoms. The summed E-state index contributed by atoms with van der Waals surface area (Å²) >= 11 is 0. The van der Waals surface area contributed by atoms with Gasteiger partial charge in [-0.3, -0.25) is 4.79 Å². The highest BCUT2D eigenvalue weighted by atomic mass is 16.5. The van der Waals surface area contributed by atoms with E-state index in [9.17, 15) is 4.79 Å². The monoisotopic (exact) mass is 253 g/mol. The first kappa shape index (κ1) is 16.4. The van der Waals surface area contributed by atoms with E-state index >= 15 is 0 Å². The highest BCUT2D eigenvalue weighted by Gasteiger charge is 2.07. The first-order chi connectivity index (χ1) is 8.30. The van der Waals surface area contributed by atoms with Gasteiger partial charge in [-0.25, -0.2) is 0 Å². The summed E-state index contributed by atoms with van der Waals surface area (Å²) in [6.07, 6.45) is 4.90. The van der Waals surface area contributed by atoms with Gasteiger partial charge in [-0.05, 0) is 25.8 Å². The normalized spacial score (nSPS) is 13.4. The number of nitrogens with one attached hydrogen (secondary N) is 2. The van der Waals surface area contributed by atoms with Crippen LogP contribution in [0, 0.1) is 11.3 Å². The molecule has 0 aromatic heterocycles. The summed E-state index contributed by atoms with van der Waals surface area (Å²) in [5.74, 6) is 0.601. The number of aldehydes is 1. The maximum absolute atomic E-state index is 10.8. The third-order valence-corrected chi connectivity index (χ3v) is 1.83. The van der Waals surface area contributed by atoms with Gasteiger partial charge in [-0.2, -0.15) is 0 Å². The molecule has 0 saturated heterocycles. The number of hydrogen-bond acceptors (Lipinski definition) is 5. The molecule has 0 heterocycles. The summed E-state index contributed by atoms with van der Waals surface area (Å²) in [6.45, 7) is 8.16. The molecule has 0 radical (unpaired) electrons. The van der Waals surface area contributed by atoms with Crippen LogP contribution >= 0.6 is 0 Å². The average molecular weight is 253 g/mol. The number of hydrogen-bond donors (Lipinski definition) is 3. The van der Waals surface area contributed by atoms with E-state index in [0.29, 0.717) is 18.8 Å². The smallest absolute Gasteiger partial charge is 0.203 e. The van der Waals surface area contributed by atoms with Crippen LogP contribution in [0.4, 0.5) is 0 Å². The van der Waals surface area contributed by atoms with Crippen LogP contribution in [0.15, 0.2) is 23.7 Å². The number of ether oxygens (including phenoxy) is 1. The number of allylic oxidation sites excluding steroid dienone is 1. The average Bonchev–Trinajstić information content (AvgIpc) is 2.24. The topological polar surface area (TPSA) is 88.2 Å². The molecule has 0 fully saturated rings. The van der Waals surface area contributed by atoms with Crippen molar-refractivity contribution in [2.24, 2.45) is 11.7 Å². The summed E-state index contributed by atoms with van der Waals surface area (Å²) in [5.41, 5.74) is 5.49. The Hall–Kier alpha value is -1.62. The number of carbonyl (C=O) groups excluding carboxylic acids is 1. The van der Waals surface area contributed by atoms with E-state index in [0.717, 1.165) is 6.21 Å². The molecule has 5 nitrogen and oxygen atoms in total. The van der Waals surface area contributed by atoms with Crippen LogP contribution in [-0.4, -0.2) is 24.6 Å². The van der Waals surface area contributed by atoms with E-state index in [2.05, 4.69) is 5.32 Å². The third-order valence-electron chi connectivity index (χ3n) is 1.83. The van der Waals surface area contributed by atoms with E-state index in [4.69, 9.17) is 15.9 Å². The van der Waals surface area contributed by atoms with Crippen molar-refractivity contribution >= 4 is 12.5 Å². The van der Waals surface area contributed by atoms with E-state index in [-0.39, 0.29) is 11.5 Å². The summed E-state index contributed by atoms with van der Waals surface area (Å²) in [5, 5.41) is 10.00. The molecular weight excluding hydrogens is 230 g/mol. The molecule has 0 rings (SSSR count). The minimum atomic E-state index is -0.456. The minimum Gasteiger partial charge on any atom is -0.478 e. The molecule has 0 aromatic rings. The quantitative estimate of drug-likeness (QED) is 0.265. The Kier molecular flexibility index (Phi) is 6.97. The van der Waals surface area contributed by atoms with Crippen molar-refractivity contribution in [3.63, 3.8) is 0 Å². The predicted molar refractivity (Wildman–Crippen MR) is 73.2 cm³/mol. The lowest BCUT2D eigenvalue weighted by Crippen LogP contribution is -2.29. The highest BCUT2D eigenvalue weighted by molar-refractivity contribution is 6.00. The van der Waals surface area contributed by atoms with Crippen molar-refractivity contribution < 1.29 is 9.53 Å². The van der Waals surface area contributed by atoms with Crippen molar-refractivity contribution in [3.8, 4) is 0 Å². The molecule has 0 aliphatic rings. The minimum absolute atomic E-state index is 0.162. The van der Waals surface area contributed by atoms with E-state index in [1.54, 1.807) is 12.3 Å². The zero-order valence-corrected chi connectivity index (χ0v) is 11.5. The Labute approximate surface area is 109 Å². The second-order valence-electron chi connectivity index (χ2n) is 5.05. The van der Waals surface area contributed by atoms with Gasteiger partial charge in [0.2, 0.25) is 5.88 Å². The second-order valence-corrected chi connectivity index (χ2v) is 5.05. The SMILES string of the molecule is CC(C)CO/C(N/C=C/C(C)(C)N)=C(/C=N)C=O. The molecule has 0 atom stereocenters. The van der Waals surface area contributed by atoms with Gasteiger partial charge in [-0.1, -0.05) is 13.8 Å². The van der Waals surface area contributed by atoms with Gasteiger partial charge in [-0.15, -0.1) is 0 Å². The van der Waals surface area contributed by atoms with Crippen LogP contribution in [0.3, 0.4) is 0 Å². The fourth-order valence-corrected chi connectivity index (χ4v) is 0.944. The molecule has 102 valence electrons. The van der Waals surface area contributed by atoms with Gasteiger partial charge in [0.25, 0.3) is 0 Å². The molecule has 4 N–H and O–H groups in total. The number of rotatable bonds is 8. The molecule has 0 aliphatic heterocycles. The molecule has 0 saturated carbocycles. The molecule has 18 heavy (non-hydrogen) atoms. The second kappa shape index (κ2) is 7.66. The zero-order valence-electron chi connectivity index (χ0n) is 11.5. The van der Waals surface area contributed by atoms with Gasteiger partial charge in [0, 0.05) is 18.0 Å². The van der Waals surface area contributed by atoms with Crippen LogP contribution in [0.1, 0.15) is 27.7 Å². The third kappa shape index (κ3) is 7.62. The van der Waals surface area contributed by atoms with Crippen molar-refractivity contribution in [1.82, 2.24) is 5.32 Å². The largest absolute Gasteiger partial charge is 0.478 e. The van der Waals surface area contributed by atoms with E-state index in [1.807, 2.05) is 27.7 Å². The molecule has 0 aliphatic carbocycles. The van der Waals surface area contributed by atoms with Gasteiger partial charge in [0.05, 0.1) is 12.2 Å². The number of carbonyl (C=O) groups is 1. The van der Waals surface area contributed by atoms with Crippen LogP contribution in [0.5, 0.6) is 0 Å². The van der Waals surface area contributed by atoms with E-state index in [1.165, 1.54) is 0 Å². The van der Waals surface area contributed by atoms with Crippen molar-refractivity contribution in [2.45, 2.75) is 33.2 Å². The Bertz CT molecular complexity index is 329. The van der Waals surface area contributed by atoms with E-state index < -0.39 is 5.54 Å².